The molecular weight excluding hydrogens is 360 g/mol. The highest BCUT2D eigenvalue weighted by molar-refractivity contribution is 6.34. The van der Waals surface area contributed by atoms with Gasteiger partial charge in [0.05, 0.1) is 0 Å². The first-order valence-electron chi connectivity index (χ1n) is 10.5. The summed E-state index contributed by atoms with van der Waals surface area (Å²) in [5.41, 5.74) is 5.52. The summed E-state index contributed by atoms with van der Waals surface area (Å²) in [5, 5.41) is 13.6. The van der Waals surface area contributed by atoms with Gasteiger partial charge in [0.15, 0.2) is 0 Å². The minimum absolute atomic E-state index is 1.30. The molecule has 0 heterocycles. The third-order valence-corrected chi connectivity index (χ3v) is 7.11. The van der Waals surface area contributed by atoms with E-state index in [1.807, 2.05) is 0 Å². The van der Waals surface area contributed by atoms with Crippen molar-refractivity contribution in [1.29, 1.82) is 0 Å². The molecule has 0 amide bonds. The highest BCUT2D eigenvalue weighted by Gasteiger charge is 2.26. The van der Waals surface area contributed by atoms with Crippen molar-refractivity contribution in [1.82, 2.24) is 0 Å². The number of benzene rings is 7. The third-order valence-electron chi connectivity index (χ3n) is 7.11. The topological polar surface area (TPSA) is 0 Å². The molecule has 0 nitrogen and oxygen atoms in total. The molecule has 136 valence electrons. The standard InChI is InChI=1S/C30H16/c1-2-7-21-17(4-1)10-12-23-22(21)14-15-24-25-13-11-19-9-8-18-5-3-6-20-16-26(29(23)24)30(25)28(19)27(18)20/h1-16H. The monoisotopic (exact) mass is 376 g/mol. The summed E-state index contributed by atoms with van der Waals surface area (Å²) in [5.74, 6) is 0. The van der Waals surface area contributed by atoms with Crippen LogP contribution in [0.5, 0.6) is 0 Å². The van der Waals surface area contributed by atoms with Gasteiger partial charge in [0.25, 0.3) is 0 Å². The first-order valence-corrected chi connectivity index (χ1v) is 10.5. The molecule has 0 bridgehead atoms. The zero-order valence-corrected chi connectivity index (χ0v) is 16.2. The van der Waals surface area contributed by atoms with Gasteiger partial charge in [-0.3, -0.25) is 0 Å². The van der Waals surface area contributed by atoms with Crippen LogP contribution >= 0.6 is 0 Å². The average Bonchev–Trinajstić information content (AvgIpc) is 3.13. The molecule has 0 aliphatic heterocycles. The van der Waals surface area contributed by atoms with Gasteiger partial charge in [-0.05, 0) is 82.2 Å². The van der Waals surface area contributed by atoms with E-state index >= 15 is 0 Å². The predicted molar refractivity (Wildman–Crippen MR) is 130 cm³/mol. The van der Waals surface area contributed by atoms with Gasteiger partial charge in [-0.1, -0.05) is 91.0 Å². The molecule has 0 N–H and O–H groups in total. The fraction of sp³-hybridized carbons (Fsp3) is 0. The van der Waals surface area contributed by atoms with E-state index < -0.39 is 0 Å². The first kappa shape index (κ1) is 15.0. The van der Waals surface area contributed by atoms with Crippen molar-refractivity contribution in [2.45, 2.75) is 0 Å². The zero-order valence-electron chi connectivity index (χ0n) is 16.2. The third kappa shape index (κ3) is 1.62. The van der Waals surface area contributed by atoms with E-state index in [0.717, 1.165) is 0 Å². The van der Waals surface area contributed by atoms with Gasteiger partial charge < -0.3 is 0 Å². The quantitative estimate of drug-likeness (QED) is 0.233. The van der Waals surface area contributed by atoms with Gasteiger partial charge in [-0.25, -0.2) is 0 Å². The summed E-state index contributed by atoms with van der Waals surface area (Å²) in [6, 6.07) is 36.2. The van der Waals surface area contributed by atoms with Gasteiger partial charge >= 0.3 is 0 Å². The molecular formula is C30H16. The molecule has 0 saturated heterocycles. The maximum atomic E-state index is 2.42. The van der Waals surface area contributed by atoms with Gasteiger partial charge in [0, 0.05) is 0 Å². The molecule has 0 fully saturated rings. The number of fused-ring (bicyclic) bond motifs is 7. The Morgan fingerprint density at radius 3 is 2.00 bits per heavy atom. The van der Waals surface area contributed by atoms with Crippen LogP contribution in [0.15, 0.2) is 97.1 Å². The van der Waals surface area contributed by atoms with Crippen molar-refractivity contribution in [3.63, 3.8) is 0 Å². The van der Waals surface area contributed by atoms with Crippen LogP contribution in [0, 0.1) is 0 Å². The molecule has 1 aliphatic rings. The summed E-state index contributed by atoms with van der Waals surface area (Å²) in [7, 11) is 0. The van der Waals surface area contributed by atoms with Gasteiger partial charge in [-0.2, -0.15) is 0 Å². The second-order valence-electron chi connectivity index (χ2n) is 8.53. The van der Waals surface area contributed by atoms with Crippen molar-refractivity contribution in [3.8, 4) is 22.3 Å². The molecule has 0 heteroatoms. The maximum absolute atomic E-state index is 2.42. The second kappa shape index (κ2) is 4.98. The van der Waals surface area contributed by atoms with E-state index in [0.29, 0.717) is 0 Å². The van der Waals surface area contributed by atoms with E-state index in [9.17, 15) is 0 Å². The van der Waals surface area contributed by atoms with Crippen LogP contribution in [0.2, 0.25) is 0 Å². The zero-order chi connectivity index (χ0) is 19.4. The van der Waals surface area contributed by atoms with E-state index in [1.165, 1.54) is 76.1 Å². The molecule has 8 rings (SSSR count). The van der Waals surface area contributed by atoms with Crippen LogP contribution in [0.4, 0.5) is 0 Å². The van der Waals surface area contributed by atoms with E-state index in [4.69, 9.17) is 0 Å². The minimum atomic E-state index is 1.30. The lowest BCUT2D eigenvalue weighted by Crippen LogP contribution is -1.85. The summed E-state index contributed by atoms with van der Waals surface area (Å²) in [6.07, 6.45) is 0. The fourth-order valence-electron chi connectivity index (χ4n) is 5.88. The maximum Gasteiger partial charge on any atom is -0.00134 e. The Morgan fingerprint density at radius 1 is 0.333 bits per heavy atom. The molecule has 7 aromatic carbocycles. The normalized spacial score (nSPS) is 12.7. The Balaban J connectivity index is 1.65. The first-order chi connectivity index (χ1) is 14.9. The predicted octanol–water partition coefficient (Wildman–Crippen LogP) is 8.54. The number of hydrogen-bond donors (Lipinski definition) is 0. The van der Waals surface area contributed by atoms with Crippen LogP contribution < -0.4 is 0 Å². The van der Waals surface area contributed by atoms with Crippen LogP contribution in [0.25, 0.3) is 76.1 Å². The minimum Gasteiger partial charge on any atom is -0.0616 e. The Labute approximate surface area is 173 Å². The lowest BCUT2D eigenvalue weighted by Gasteiger charge is -2.13. The van der Waals surface area contributed by atoms with E-state index in [-0.39, 0.29) is 0 Å². The van der Waals surface area contributed by atoms with Crippen LogP contribution in [-0.2, 0) is 0 Å². The molecule has 0 saturated carbocycles. The largest absolute Gasteiger partial charge is 0.0616 e. The van der Waals surface area contributed by atoms with Crippen molar-refractivity contribution in [3.05, 3.63) is 97.1 Å². The molecule has 0 radical (unpaired) electrons. The van der Waals surface area contributed by atoms with Gasteiger partial charge in [0.2, 0.25) is 0 Å². The Hall–Kier alpha value is -3.90. The smallest absolute Gasteiger partial charge is 0.00134 e. The molecule has 1 aliphatic carbocycles. The number of rotatable bonds is 0. The van der Waals surface area contributed by atoms with Crippen LogP contribution in [0.3, 0.4) is 0 Å². The molecule has 0 aromatic heterocycles. The van der Waals surface area contributed by atoms with Crippen molar-refractivity contribution >= 4 is 53.9 Å². The molecule has 0 atom stereocenters. The Bertz CT molecular complexity index is 1840. The summed E-state index contributed by atoms with van der Waals surface area (Å²) < 4.78 is 0. The SMILES string of the molecule is c1ccc2c(c1)ccc1c3c(ccc12)-c1ccc2ccc4cccc5cc-3c1c2c45. The average molecular weight is 376 g/mol. The highest BCUT2D eigenvalue weighted by atomic mass is 14.3. The van der Waals surface area contributed by atoms with Crippen molar-refractivity contribution < 1.29 is 0 Å². The Morgan fingerprint density at radius 2 is 1.03 bits per heavy atom. The fourth-order valence-corrected chi connectivity index (χ4v) is 5.88. The molecule has 30 heavy (non-hydrogen) atoms. The Kier molecular flexibility index (Phi) is 2.49. The van der Waals surface area contributed by atoms with Crippen molar-refractivity contribution in [2.75, 3.05) is 0 Å². The lowest BCUT2D eigenvalue weighted by atomic mass is 9.90. The highest BCUT2D eigenvalue weighted by Crippen LogP contribution is 2.54. The molecule has 0 spiro atoms. The molecule has 0 unspecified atom stereocenters. The van der Waals surface area contributed by atoms with Crippen molar-refractivity contribution in [2.24, 2.45) is 0 Å². The van der Waals surface area contributed by atoms with E-state index in [2.05, 4.69) is 97.1 Å². The van der Waals surface area contributed by atoms with Crippen LogP contribution in [-0.4, -0.2) is 0 Å². The van der Waals surface area contributed by atoms with Gasteiger partial charge in [-0.15, -0.1) is 0 Å². The number of hydrogen-bond acceptors (Lipinski definition) is 0. The summed E-state index contributed by atoms with van der Waals surface area (Å²) in [4.78, 5) is 0. The summed E-state index contributed by atoms with van der Waals surface area (Å²) in [6.45, 7) is 0. The van der Waals surface area contributed by atoms with Gasteiger partial charge in [0.1, 0.15) is 0 Å². The molecule has 7 aromatic rings. The van der Waals surface area contributed by atoms with Crippen LogP contribution in [0.1, 0.15) is 0 Å². The second-order valence-corrected chi connectivity index (χ2v) is 8.53. The lowest BCUT2D eigenvalue weighted by molar-refractivity contribution is 1.75. The summed E-state index contributed by atoms with van der Waals surface area (Å²) >= 11 is 0. The van der Waals surface area contributed by atoms with E-state index in [1.54, 1.807) is 0 Å².